The summed E-state index contributed by atoms with van der Waals surface area (Å²) in [6.07, 6.45) is 1.48. The van der Waals surface area contributed by atoms with Gasteiger partial charge in [-0.3, -0.25) is 0 Å². The van der Waals surface area contributed by atoms with Crippen LogP contribution in [-0.4, -0.2) is 10.5 Å². The Kier molecular flexibility index (Phi) is 2.18. The fraction of sp³-hybridized carbons (Fsp3) is 1.00. The monoisotopic (exact) mass is 184 g/mol. The van der Waals surface area contributed by atoms with Gasteiger partial charge >= 0.3 is 0 Å². The summed E-state index contributed by atoms with van der Waals surface area (Å²) in [6.45, 7) is 9.76. The standard InChI is InChI=1S/C11H20S/c1-6-5-10-8(3)7(2)9(4)11(10)12-6/h6-11H,5H2,1-4H3. The summed E-state index contributed by atoms with van der Waals surface area (Å²) in [7, 11) is 0. The molecule has 2 aliphatic rings. The summed E-state index contributed by atoms with van der Waals surface area (Å²) >= 11 is 2.25. The van der Waals surface area contributed by atoms with Gasteiger partial charge in [-0.25, -0.2) is 0 Å². The summed E-state index contributed by atoms with van der Waals surface area (Å²) in [5, 5.41) is 1.92. The zero-order chi connectivity index (χ0) is 8.88. The highest BCUT2D eigenvalue weighted by Gasteiger charge is 2.48. The maximum atomic E-state index is 2.46. The van der Waals surface area contributed by atoms with Crippen LogP contribution < -0.4 is 0 Å². The molecule has 2 rings (SSSR count). The molecule has 0 aromatic rings. The van der Waals surface area contributed by atoms with Crippen molar-refractivity contribution in [1.29, 1.82) is 0 Å². The van der Waals surface area contributed by atoms with Crippen molar-refractivity contribution in [3.05, 3.63) is 0 Å². The minimum absolute atomic E-state index is 0.928. The van der Waals surface area contributed by atoms with Gasteiger partial charge in [-0.05, 0) is 30.1 Å². The molecule has 0 bridgehead atoms. The third kappa shape index (κ3) is 1.13. The lowest BCUT2D eigenvalue weighted by atomic mass is 9.89. The summed E-state index contributed by atoms with van der Waals surface area (Å²) in [5.41, 5.74) is 0. The van der Waals surface area contributed by atoms with Crippen LogP contribution in [0.3, 0.4) is 0 Å². The van der Waals surface area contributed by atoms with Crippen LogP contribution in [0, 0.1) is 23.7 Å². The summed E-state index contributed by atoms with van der Waals surface area (Å²) in [5.74, 6) is 3.93. The van der Waals surface area contributed by atoms with Gasteiger partial charge in [0.25, 0.3) is 0 Å². The minimum atomic E-state index is 0.928. The molecule has 70 valence electrons. The van der Waals surface area contributed by atoms with E-state index in [2.05, 4.69) is 39.5 Å². The Morgan fingerprint density at radius 2 is 1.58 bits per heavy atom. The lowest BCUT2D eigenvalue weighted by Gasteiger charge is -2.18. The zero-order valence-electron chi connectivity index (χ0n) is 8.58. The maximum absolute atomic E-state index is 2.46. The van der Waals surface area contributed by atoms with Crippen LogP contribution in [0.4, 0.5) is 0 Å². The predicted molar refractivity (Wildman–Crippen MR) is 56.4 cm³/mol. The van der Waals surface area contributed by atoms with Crippen molar-refractivity contribution in [3.63, 3.8) is 0 Å². The largest absolute Gasteiger partial charge is 0.155 e. The van der Waals surface area contributed by atoms with Crippen molar-refractivity contribution >= 4 is 11.8 Å². The maximum Gasteiger partial charge on any atom is 0.0109 e. The van der Waals surface area contributed by atoms with Gasteiger partial charge < -0.3 is 0 Å². The quantitative estimate of drug-likeness (QED) is 0.556. The molecule has 12 heavy (non-hydrogen) atoms. The topological polar surface area (TPSA) is 0 Å². The number of fused-ring (bicyclic) bond motifs is 1. The first kappa shape index (κ1) is 8.93. The molecule has 1 saturated carbocycles. The van der Waals surface area contributed by atoms with Crippen LogP contribution in [0.2, 0.25) is 0 Å². The third-order valence-corrected chi connectivity index (χ3v) is 6.02. The molecule has 6 unspecified atom stereocenters. The first-order valence-electron chi connectivity index (χ1n) is 5.26. The van der Waals surface area contributed by atoms with Crippen LogP contribution in [-0.2, 0) is 0 Å². The molecule has 0 radical (unpaired) electrons. The van der Waals surface area contributed by atoms with Gasteiger partial charge in [0.1, 0.15) is 0 Å². The summed E-state index contributed by atoms with van der Waals surface area (Å²) < 4.78 is 0. The Hall–Kier alpha value is 0.350. The van der Waals surface area contributed by atoms with Gasteiger partial charge in [-0.1, -0.05) is 27.7 Å². The van der Waals surface area contributed by atoms with Crippen molar-refractivity contribution in [1.82, 2.24) is 0 Å². The fourth-order valence-corrected chi connectivity index (χ4v) is 5.06. The molecule has 0 nitrogen and oxygen atoms in total. The molecule has 2 fully saturated rings. The van der Waals surface area contributed by atoms with E-state index in [0.29, 0.717) is 0 Å². The van der Waals surface area contributed by atoms with E-state index in [1.807, 2.05) is 0 Å². The number of thioether (sulfide) groups is 1. The van der Waals surface area contributed by atoms with Crippen molar-refractivity contribution in [2.75, 3.05) is 0 Å². The number of hydrogen-bond donors (Lipinski definition) is 0. The van der Waals surface area contributed by atoms with E-state index in [0.717, 1.165) is 34.2 Å². The smallest absolute Gasteiger partial charge is 0.0109 e. The molecular weight excluding hydrogens is 164 g/mol. The third-order valence-electron chi connectivity index (χ3n) is 4.27. The van der Waals surface area contributed by atoms with Crippen LogP contribution in [0.1, 0.15) is 34.1 Å². The average molecular weight is 184 g/mol. The Balaban J connectivity index is 2.15. The van der Waals surface area contributed by atoms with Crippen LogP contribution in [0.5, 0.6) is 0 Å². The molecule has 0 aromatic carbocycles. The first-order valence-corrected chi connectivity index (χ1v) is 6.21. The highest BCUT2D eigenvalue weighted by Crippen LogP contribution is 2.55. The normalized spacial score (nSPS) is 59.0. The molecular formula is C11H20S. The molecule has 1 aliphatic heterocycles. The molecule has 0 aromatic heterocycles. The minimum Gasteiger partial charge on any atom is -0.155 e. The molecule has 1 heteroatoms. The van der Waals surface area contributed by atoms with E-state index in [1.165, 1.54) is 6.42 Å². The Morgan fingerprint density at radius 1 is 0.917 bits per heavy atom. The molecule has 0 amide bonds. The number of hydrogen-bond acceptors (Lipinski definition) is 1. The predicted octanol–water partition coefficient (Wildman–Crippen LogP) is 3.42. The molecule has 6 atom stereocenters. The second kappa shape index (κ2) is 2.94. The average Bonchev–Trinajstić information content (AvgIpc) is 2.49. The van der Waals surface area contributed by atoms with Gasteiger partial charge in [-0.2, -0.15) is 11.8 Å². The van der Waals surface area contributed by atoms with Crippen LogP contribution in [0.25, 0.3) is 0 Å². The zero-order valence-corrected chi connectivity index (χ0v) is 9.40. The summed E-state index contributed by atoms with van der Waals surface area (Å²) in [6, 6.07) is 0. The highest BCUT2D eigenvalue weighted by molar-refractivity contribution is 8.00. The van der Waals surface area contributed by atoms with Crippen molar-refractivity contribution in [2.45, 2.75) is 44.6 Å². The van der Waals surface area contributed by atoms with Gasteiger partial charge in [0.2, 0.25) is 0 Å². The van der Waals surface area contributed by atoms with Gasteiger partial charge in [0, 0.05) is 10.5 Å². The Morgan fingerprint density at radius 3 is 2.17 bits per heavy atom. The van der Waals surface area contributed by atoms with Crippen LogP contribution >= 0.6 is 11.8 Å². The molecule has 0 N–H and O–H groups in total. The molecule has 1 heterocycles. The Labute approximate surface area is 80.5 Å². The van der Waals surface area contributed by atoms with E-state index in [9.17, 15) is 0 Å². The van der Waals surface area contributed by atoms with E-state index >= 15 is 0 Å². The SMILES string of the molecule is CC1CC2C(C)C(C)C(C)C2S1. The van der Waals surface area contributed by atoms with E-state index in [1.54, 1.807) is 0 Å². The van der Waals surface area contributed by atoms with E-state index < -0.39 is 0 Å². The van der Waals surface area contributed by atoms with Crippen LogP contribution in [0.15, 0.2) is 0 Å². The van der Waals surface area contributed by atoms with Gasteiger partial charge in [0.05, 0.1) is 0 Å². The molecule has 0 spiro atoms. The van der Waals surface area contributed by atoms with E-state index in [4.69, 9.17) is 0 Å². The second-order valence-electron chi connectivity index (χ2n) is 4.89. The molecule has 1 saturated heterocycles. The van der Waals surface area contributed by atoms with Crippen molar-refractivity contribution in [2.24, 2.45) is 23.7 Å². The lowest BCUT2D eigenvalue weighted by Crippen LogP contribution is -2.11. The highest BCUT2D eigenvalue weighted by atomic mass is 32.2. The fourth-order valence-electron chi connectivity index (χ4n) is 3.14. The number of rotatable bonds is 0. The Bertz CT molecular complexity index is 160. The lowest BCUT2D eigenvalue weighted by molar-refractivity contribution is 0.331. The first-order chi connectivity index (χ1) is 5.61. The van der Waals surface area contributed by atoms with E-state index in [-0.39, 0.29) is 0 Å². The second-order valence-corrected chi connectivity index (χ2v) is 6.51. The van der Waals surface area contributed by atoms with Crippen molar-refractivity contribution < 1.29 is 0 Å². The summed E-state index contributed by atoms with van der Waals surface area (Å²) in [4.78, 5) is 0. The van der Waals surface area contributed by atoms with Crippen molar-refractivity contribution in [3.8, 4) is 0 Å². The molecule has 1 aliphatic carbocycles. The van der Waals surface area contributed by atoms with Gasteiger partial charge in [0.15, 0.2) is 0 Å². The van der Waals surface area contributed by atoms with Gasteiger partial charge in [-0.15, -0.1) is 0 Å².